The van der Waals surface area contributed by atoms with Crippen molar-refractivity contribution in [2.24, 2.45) is 5.41 Å². The van der Waals surface area contributed by atoms with E-state index in [-0.39, 0.29) is 17.1 Å². The van der Waals surface area contributed by atoms with Crippen molar-refractivity contribution in [1.29, 1.82) is 0 Å². The van der Waals surface area contributed by atoms with Gasteiger partial charge < -0.3 is 0 Å². The molecule has 5 heteroatoms. The largest absolute Gasteiger partial charge is 0.298 e. The number of thiazole rings is 1. The number of carbonyl (C=O) groups excluding carboxylic acids is 2. The van der Waals surface area contributed by atoms with Gasteiger partial charge in [0.1, 0.15) is 0 Å². The standard InChI is InChI=1S/C17H18N2O2S/c1-10-4-6-11(7-5-10)15(21)19-16-18-12-8-17(2,3)9-13(20)14(12)22-16/h4-7H,8-9H2,1-3H3,(H,18,19,21). The average molecular weight is 314 g/mol. The molecule has 1 aromatic carbocycles. The van der Waals surface area contributed by atoms with Crippen molar-refractivity contribution in [2.45, 2.75) is 33.6 Å². The fraction of sp³-hybridized carbons (Fsp3) is 0.353. The molecule has 1 N–H and O–H groups in total. The Balaban J connectivity index is 1.81. The monoisotopic (exact) mass is 314 g/mol. The average Bonchev–Trinajstić information content (AvgIpc) is 2.80. The molecule has 2 aromatic rings. The molecule has 22 heavy (non-hydrogen) atoms. The molecule has 114 valence electrons. The van der Waals surface area contributed by atoms with Crippen molar-refractivity contribution in [2.75, 3.05) is 5.32 Å². The number of benzene rings is 1. The number of hydrogen-bond acceptors (Lipinski definition) is 4. The van der Waals surface area contributed by atoms with E-state index in [1.807, 2.05) is 19.1 Å². The molecule has 3 rings (SSSR count). The van der Waals surface area contributed by atoms with Gasteiger partial charge in [-0.25, -0.2) is 4.98 Å². The minimum absolute atomic E-state index is 0.0591. The third kappa shape index (κ3) is 2.95. The van der Waals surface area contributed by atoms with Crippen LogP contribution in [0.2, 0.25) is 0 Å². The van der Waals surface area contributed by atoms with E-state index < -0.39 is 0 Å². The molecule has 0 aliphatic heterocycles. The van der Waals surface area contributed by atoms with Gasteiger partial charge in [0.05, 0.1) is 10.6 Å². The second-order valence-electron chi connectivity index (χ2n) is 6.56. The number of hydrogen-bond donors (Lipinski definition) is 1. The fourth-order valence-corrected chi connectivity index (χ4v) is 3.56. The van der Waals surface area contributed by atoms with Gasteiger partial charge in [-0.2, -0.15) is 0 Å². The first-order valence-electron chi connectivity index (χ1n) is 7.25. The molecule has 1 aliphatic rings. The van der Waals surface area contributed by atoms with Crippen LogP contribution in [0.25, 0.3) is 0 Å². The summed E-state index contributed by atoms with van der Waals surface area (Å²) in [7, 11) is 0. The quantitative estimate of drug-likeness (QED) is 0.915. The van der Waals surface area contributed by atoms with Gasteiger partial charge in [0.15, 0.2) is 10.9 Å². The Morgan fingerprint density at radius 3 is 2.59 bits per heavy atom. The molecular formula is C17H18N2O2S. The second kappa shape index (κ2) is 5.32. The number of Topliss-reactive ketones (excluding diaryl/α,β-unsaturated/α-hetero) is 1. The minimum atomic E-state index is -0.196. The van der Waals surface area contributed by atoms with Crippen molar-refractivity contribution in [3.05, 3.63) is 46.0 Å². The van der Waals surface area contributed by atoms with Crippen molar-refractivity contribution in [3.8, 4) is 0 Å². The molecular weight excluding hydrogens is 296 g/mol. The lowest BCUT2D eigenvalue weighted by Crippen LogP contribution is -2.26. The van der Waals surface area contributed by atoms with Crippen LogP contribution in [0.1, 0.15) is 51.6 Å². The number of aromatic nitrogens is 1. The molecule has 0 bridgehead atoms. The maximum absolute atomic E-state index is 12.2. The first-order chi connectivity index (χ1) is 10.3. The van der Waals surface area contributed by atoms with Gasteiger partial charge in [0.25, 0.3) is 5.91 Å². The zero-order valence-electron chi connectivity index (χ0n) is 12.9. The molecule has 4 nitrogen and oxygen atoms in total. The number of rotatable bonds is 2. The van der Waals surface area contributed by atoms with E-state index in [4.69, 9.17) is 0 Å². The normalized spacial score (nSPS) is 16.2. The summed E-state index contributed by atoms with van der Waals surface area (Å²) in [5, 5.41) is 3.30. The van der Waals surface area contributed by atoms with E-state index >= 15 is 0 Å². The lowest BCUT2D eigenvalue weighted by molar-refractivity contribution is 0.0915. The van der Waals surface area contributed by atoms with Gasteiger partial charge >= 0.3 is 0 Å². The number of ketones is 1. The van der Waals surface area contributed by atoms with Crippen LogP contribution in [0.5, 0.6) is 0 Å². The molecule has 0 spiro atoms. The molecule has 1 aromatic heterocycles. The first kappa shape index (κ1) is 14.9. The van der Waals surface area contributed by atoms with Gasteiger partial charge in [0.2, 0.25) is 0 Å². The lowest BCUT2D eigenvalue weighted by Gasteiger charge is -2.26. The maximum atomic E-state index is 12.2. The highest BCUT2D eigenvalue weighted by atomic mass is 32.1. The van der Waals surface area contributed by atoms with Crippen LogP contribution in [0.4, 0.5) is 5.13 Å². The number of carbonyl (C=O) groups is 2. The van der Waals surface area contributed by atoms with E-state index in [9.17, 15) is 9.59 Å². The summed E-state index contributed by atoms with van der Waals surface area (Å²) in [6.45, 7) is 6.11. The van der Waals surface area contributed by atoms with Gasteiger partial charge in [-0.1, -0.05) is 42.9 Å². The van der Waals surface area contributed by atoms with Gasteiger partial charge in [0, 0.05) is 12.0 Å². The summed E-state index contributed by atoms with van der Waals surface area (Å²) in [5.74, 6) is -0.0719. The maximum Gasteiger partial charge on any atom is 0.257 e. The first-order valence-corrected chi connectivity index (χ1v) is 8.07. The number of anilines is 1. The summed E-state index contributed by atoms with van der Waals surface area (Å²) in [4.78, 5) is 29.5. The van der Waals surface area contributed by atoms with Gasteiger partial charge in [-0.15, -0.1) is 0 Å². The summed E-state index contributed by atoms with van der Waals surface area (Å²) >= 11 is 1.28. The van der Waals surface area contributed by atoms with Gasteiger partial charge in [-0.05, 0) is 30.9 Å². The summed E-state index contributed by atoms with van der Waals surface area (Å²) in [5.41, 5.74) is 2.45. The molecule has 0 radical (unpaired) electrons. The Labute approximate surface area is 133 Å². The van der Waals surface area contributed by atoms with Crippen LogP contribution in [0.3, 0.4) is 0 Å². The zero-order valence-corrected chi connectivity index (χ0v) is 13.7. The molecule has 1 aliphatic carbocycles. The fourth-order valence-electron chi connectivity index (χ4n) is 2.65. The molecule has 0 fully saturated rings. The number of amides is 1. The van der Waals surface area contributed by atoms with Crippen LogP contribution in [-0.2, 0) is 6.42 Å². The summed E-state index contributed by atoms with van der Waals surface area (Å²) < 4.78 is 0. The molecule has 0 saturated carbocycles. The third-order valence-corrected chi connectivity index (χ3v) is 4.82. The molecule has 1 amide bonds. The van der Waals surface area contributed by atoms with Crippen LogP contribution >= 0.6 is 11.3 Å². The molecule has 1 heterocycles. The Hall–Kier alpha value is -2.01. The van der Waals surface area contributed by atoms with Crippen molar-refractivity contribution in [3.63, 3.8) is 0 Å². The molecule has 0 atom stereocenters. The highest BCUT2D eigenvalue weighted by Gasteiger charge is 2.34. The second-order valence-corrected chi connectivity index (χ2v) is 7.55. The van der Waals surface area contributed by atoms with Crippen molar-refractivity contribution in [1.82, 2.24) is 4.98 Å². The van der Waals surface area contributed by atoms with E-state index in [1.54, 1.807) is 12.1 Å². The van der Waals surface area contributed by atoms with Crippen LogP contribution in [-0.4, -0.2) is 16.7 Å². The van der Waals surface area contributed by atoms with E-state index in [1.165, 1.54) is 11.3 Å². The summed E-state index contributed by atoms with van der Waals surface area (Å²) in [6.07, 6.45) is 1.30. The topological polar surface area (TPSA) is 59.1 Å². The van der Waals surface area contributed by atoms with E-state index in [0.717, 1.165) is 17.7 Å². The van der Waals surface area contributed by atoms with Crippen molar-refractivity contribution >= 4 is 28.2 Å². The highest BCUT2D eigenvalue weighted by Crippen LogP contribution is 2.38. The minimum Gasteiger partial charge on any atom is -0.298 e. The third-order valence-electron chi connectivity index (χ3n) is 3.77. The lowest BCUT2D eigenvalue weighted by atomic mass is 9.78. The van der Waals surface area contributed by atoms with Crippen LogP contribution in [0, 0.1) is 12.3 Å². The number of nitrogens with one attached hydrogen (secondary N) is 1. The number of aryl methyl sites for hydroxylation is 1. The smallest absolute Gasteiger partial charge is 0.257 e. The number of fused-ring (bicyclic) bond motifs is 1. The predicted octanol–water partition coefficient (Wildman–Crippen LogP) is 3.86. The Morgan fingerprint density at radius 2 is 1.91 bits per heavy atom. The van der Waals surface area contributed by atoms with Crippen LogP contribution < -0.4 is 5.32 Å². The Morgan fingerprint density at radius 1 is 1.23 bits per heavy atom. The summed E-state index contributed by atoms with van der Waals surface area (Å²) in [6, 6.07) is 7.36. The predicted molar refractivity (Wildman–Crippen MR) is 87.7 cm³/mol. The number of nitrogens with zero attached hydrogens (tertiary/aromatic N) is 1. The molecule has 0 saturated heterocycles. The van der Waals surface area contributed by atoms with E-state index in [2.05, 4.69) is 24.1 Å². The Kier molecular flexibility index (Phi) is 3.60. The van der Waals surface area contributed by atoms with Crippen molar-refractivity contribution < 1.29 is 9.59 Å². The highest BCUT2D eigenvalue weighted by molar-refractivity contribution is 7.17. The van der Waals surface area contributed by atoms with Gasteiger partial charge in [-0.3, -0.25) is 14.9 Å². The molecule has 0 unspecified atom stereocenters. The zero-order chi connectivity index (χ0) is 15.9. The van der Waals surface area contributed by atoms with Crippen LogP contribution in [0.15, 0.2) is 24.3 Å². The Bertz CT molecular complexity index is 745. The SMILES string of the molecule is Cc1ccc(C(=O)Nc2nc3c(s2)C(=O)CC(C)(C)C3)cc1. The van der Waals surface area contributed by atoms with E-state index in [0.29, 0.717) is 22.0 Å².